The second kappa shape index (κ2) is 8.81. The van der Waals surface area contributed by atoms with Gasteiger partial charge in [-0.1, -0.05) is 29.8 Å². The van der Waals surface area contributed by atoms with Crippen LogP contribution in [-0.4, -0.2) is 39.5 Å². The average Bonchev–Trinajstić information content (AvgIpc) is 3.10. The number of hydrogen-bond donors (Lipinski definition) is 1. The van der Waals surface area contributed by atoms with Crippen molar-refractivity contribution >= 4 is 5.91 Å². The summed E-state index contributed by atoms with van der Waals surface area (Å²) in [6, 6.07) is 9.05. The molecule has 0 spiro atoms. The molecule has 5 heteroatoms. The van der Waals surface area contributed by atoms with Gasteiger partial charge in [0.1, 0.15) is 0 Å². The molecule has 25 heavy (non-hydrogen) atoms. The number of nitrogens with zero attached hydrogens (tertiary/aromatic N) is 3. The lowest BCUT2D eigenvalue weighted by atomic mass is 10.0. The first-order valence-corrected chi connectivity index (χ1v) is 9.22. The Morgan fingerprint density at radius 3 is 2.88 bits per heavy atom. The predicted octanol–water partition coefficient (Wildman–Crippen LogP) is 2.75. The van der Waals surface area contributed by atoms with Gasteiger partial charge in [0.05, 0.1) is 6.33 Å². The number of imidazole rings is 1. The van der Waals surface area contributed by atoms with E-state index in [0.717, 1.165) is 45.4 Å². The highest BCUT2D eigenvalue weighted by Gasteiger charge is 2.20. The summed E-state index contributed by atoms with van der Waals surface area (Å²) in [6.07, 6.45) is 9.02. The van der Waals surface area contributed by atoms with Crippen molar-refractivity contribution in [2.45, 2.75) is 51.7 Å². The van der Waals surface area contributed by atoms with Crippen molar-refractivity contribution in [3.8, 4) is 0 Å². The maximum Gasteiger partial charge on any atom is 0.220 e. The van der Waals surface area contributed by atoms with Crippen LogP contribution in [0.25, 0.3) is 0 Å². The summed E-state index contributed by atoms with van der Waals surface area (Å²) in [6.45, 7) is 6.09. The summed E-state index contributed by atoms with van der Waals surface area (Å²) in [5.41, 5.74) is 2.69. The Labute approximate surface area is 150 Å². The molecule has 1 N–H and O–H groups in total. The minimum Gasteiger partial charge on any atom is -0.353 e. The standard InChI is InChI=1S/C20H28N4O/c1-17-4-2-5-18(14-17)15-23-11-7-19(8-12-23)22-20(25)6-3-10-24-13-9-21-16-24/h2,4-5,9,13-14,16,19H,3,6-8,10-12,15H2,1H3,(H,22,25). The van der Waals surface area contributed by atoms with Gasteiger partial charge in [0, 0.05) is 51.0 Å². The van der Waals surface area contributed by atoms with Crippen LogP contribution in [0.4, 0.5) is 0 Å². The molecule has 2 aromatic rings. The second-order valence-corrected chi connectivity index (χ2v) is 7.01. The third-order valence-corrected chi connectivity index (χ3v) is 4.82. The minimum absolute atomic E-state index is 0.178. The van der Waals surface area contributed by atoms with E-state index in [2.05, 4.69) is 46.4 Å². The quantitative estimate of drug-likeness (QED) is 0.843. The Balaban J connectivity index is 1.33. The van der Waals surface area contributed by atoms with Gasteiger partial charge in [-0.25, -0.2) is 4.98 Å². The SMILES string of the molecule is Cc1cccc(CN2CCC(NC(=O)CCCn3ccnc3)CC2)c1. The van der Waals surface area contributed by atoms with Crippen LogP contribution < -0.4 is 5.32 Å². The zero-order chi connectivity index (χ0) is 17.5. The maximum atomic E-state index is 12.1. The van der Waals surface area contributed by atoms with Crippen LogP contribution >= 0.6 is 0 Å². The van der Waals surface area contributed by atoms with Crippen molar-refractivity contribution in [2.24, 2.45) is 0 Å². The molecule has 0 atom stereocenters. The fourth-order valence-electron chi connectivity index (χ4n) is 3.45. The van der Waals surface area contributed by atoms with E-state index in [1.807, 2.05) is 10.8 Å². The molecule has 2 heterocycles. The molecule has 0 radical (unpaired) electrons. The molecule has 5 nitrogen and oxygen atoms in total. The number of rotatable bonds is 7. The van der Waals surface area contributed by atoms with E-state index in [0.29, 0.717) is 12.5 Å². The van der Waals surface area contributed by atoms with Crippen molar-refractivity contribution in [1.29, 1.82) is 0 Å². The van der Waals surface area contributed by atoms with Crippen LogP contribution in [0.15, 0.2) is 43.0 Å². The van der Waals surface area contributed by atoms with Crippen molar-refractivity contribution in [2.75, 3.05) is 13.1 Å². The number of nitrogens with one attached hydrogen (secondary N) is 1. The summed E-state index contributed by atoms with van der Waals surface area (Å²) in [4.78, 5) is 18.6. The molecular weight excluding hydrogens is 312 g/mol. The molecule has 1 amide bonds. The van der Waals surface area contributed by atoms with Crippen molar-refractivity contribution in [3.05, 3.63) is 54.1 Å². The summed E-state index contributed by atoms with van der Waals surface area (Å²) in [5.74, 6) is 0.178. The largest absolute Gasteiger partial charge is 0.353 e. The number of carbonyl (C=O) groups excluding carboxylic acids is 1. The van der Waals surface area contributed by atoms with Gasteiger partial charge >= 0.3 is 0 Å². The van der Waals surface area contributed by atoms with E-state index >= 15 is 0 Å². The Kier molecular flexibility index (Phi) is 6.23. The number of hydrogen-bond acceptors (Lipinski definition) is 3. The number of carbonyl (C=O) groups is 1. The zero-order valence-corrected chi connectivity index (χ0v) is 15.0. The summed E-state index contributed by atoms with van der Waals surface area (Å²) >= 11 is 0. The van der Waals surface area contributed by atoms with E-state index in [1.54, 1.807) is 12.5 Å². The van der Waals surface area contributed by atoms with Crippen LogP contribution in [-0.2, 0) is 17.9 Å². The molecule has 1 aromatic carbocycles. The first kappa shape index (κ1) is 17.7. The van der Waals surface area contributed by atoms with Crippen molar-refractivity contribution in [3.63, 3.8) is 0 Å². The van der Waals surface area contributed by atoms with Crippen LogP contribution in [0.1, 0.15) is 36.8 Å². The van der Waals surface area contributed by atoms with Gasteiger partial charge in [-0.3, -0.25) is 9.69 Å². The summed E-state index contributed by atoms with van der Waals surface area (Å²) in [7, 11) is 0. The number of piperidine rings is 1. The fraction of sp³-hybridized carbons (Fsp3) is 0.500. The maximum absolute atomic E-state index is 12.1. The van der Waals surface area contributed by atoms with E-state index < -0.39 is 0 Å². The molecule has 1 aliphatic heterocycles. The van der Waals surface area contributed by atoms with E-state index in [9.17, 15) is 4.79 Å². The first-order chi connectivity index (χ1) is 12.2. The van der Waals surface area contributed by atoms with Crippen LogP contribution in [0, 0.1) is 6.92 Å². The lowest BCUT2D eigenvalue weighted by molar-refractivity contribution is -0.122. The lowest BCUT2D eigenvalue weighted by Crippen LogP contribution is -2.44. The van der Waals surface area contributed by atoms with Crippen molar-refractivity contribution < 1.29 is 4.79 Å². The number of amides is 1. The van der Waals surface area contributed by atoms with Gasteiger partial charge in [0.2, 0.25) is 5.91 Å². The minimum atomic E-state index is 0.178. The van der Waals surface area contributed by atoms with E-state index in [-0.39, 0.29) is 5.91 Å². The molecular formula is C20H28N4O. The van der Waals surface area contributed by atoms with E-state index in [1.165, 1.54) is 11.1 Å². The highest BCUT2D eigenvalue weighted by atomic mass is 16.1. The summed E-state index contributed by atoms with van der Waals surface area (Å²) in [5, 5.41) is 3.20. The average molecular weight is 340 g/mol. The summed E-state index contributed by atoms with van der Waals surface area (Å²) < 4.78 is 2.01. The van der Waals surface area contributed by atoms with Gasteiger partial charge in [0.15, 0.2) is 0 Å². The van der Waals surface area contributed by atoms with Gasteiger partial charge in [0.25, 0.3) is 0 Å². The van der Waals surface area contributed by atoms with Crippen LogP contribution in [0.2, 0.25) is 0 Å². The monoisotopic (exact) mass is 340 g/mol. The number of benzene rings is 1. The van der Waals surface area contributed by atoms with Crippen molar-refractivity contribution in [1.82, 2.24) is 19.8 Å². The number of aromatic nitrogens is 2. The van der Waals surface area contributed by atoms with Gasteiger partial charge in [-0.05, 0) is 31.7 Å². The molecule has 134 valence electrons. The predicted molar refractivity (Wildman–Crippen MR) is 99.1 cm³/mol. The number of aryl methyl sites for hydroxylation is 2. The molecule has 0 bridgehead atoms. The molecule has 1 aromatic heterocycles. The molecule has 1 fully saturated rings. The highest BCUT2D eigenvalue weighted by Crippen LogP contribution is 2.15. The normalized spacial score (nSPS) is 16.0. The van der Waals surface area contributed by atoms with Gasteiger partial charge < -0.3 is 9.88 Å². The molecule has 1 aliphatic rings. The molecule has 0 aliphatic carbocycles. The molecule has 0 saturated carbocycles. The third-order valence-electron chi connectivity index (χ3n) is 4.82. The van der Waals surface area contributed by atoms with Gasteiger partial charge in [-0.2, -0.15) is 0 Å². The molecule has 1 saturated heterocycles. The Morgan fingerprint density at radius 1 is 1.32 bits per heavy atom. The Morgan fingerprint density at radius 2 is 2.16 bits per heavy atom. The van der Waals surface area contributed by atoms with Crippen LogP contribution in [0.3, 0.4) is 0 Å². The number of likely N-dealkylation sites (tertiary alicyclic amines) is 1. The molecule has 0 unspecified atom stereocenters. The lowest BCUT2D eigenvalue weighted by Gasteiger charge is -2.32. The van der Waals surface area contributed by atoms with Gasteiger partial charge in [-0.15, -0.1) is 0 Å². The molecule has 3 rings (SSSR count). The smallest absolute Gasteiger partial charge is 0.220 e. The fourth-order valence-corrected chi connectivity index (χ4v) is 3.45. The van der Waals surface area contributed by atoms with Crippen LogP contribution in [0.5, 0.6) is 0 Å². The highest BCUT2D eigenvalue weighted by molar-refractivity contribution is 5.76. The Hall–Kier alpha value is -2.14. The first-order valence-electron chi connectivity index (χ1n) is 9.22. The third kappa shape index (κ3) is 5.71. The Bertz CT molecular complexity index is 660. The topological polar surface area (TPSA) is 50.2 Å². The van der Waals surface area contributed by atoms with E-state index in [4.69, 9.17) is 0 Å². The second-order valence-electron chi connectivity index (χ2n) is 7.01. The zero-order valence-electron chi connectivity index (χ0n) is 15.0.